The zero-order valence-electron chi connectivity index (χ0n) is 13.3. The van der Waals surface area contributed by atoms with Gasteiger partial charge in [-0.1, -0.05) is 43.2 Å². The third kappa shape index (κ3) is 3.98. The van der Waals surface area contributed by atoms with Crippen LogP contribution in [-0.2, 0) is 6.42 Å². The van der Waals surface area contributed by atoms with Crippen LogP contribution in [0.5, 0.6) is 0 Å². The highest BCUT2D eigenvalue weighted by Crippen LogP contribution is 2.29. The number of carbonyl (C=O) groups is 1. The Labute approximate surface area is 140 Å². The number of hydrogen-bond donors (Lipinski definition) is 2. The molecule has 0 atom stereocenters. The zero-order chi connectivity index (χ0) is 16.3. The number of hydrogen-bond acceptors (Lipinski definition) is 4. The van der Waals surface area contributed by atoms with Gasteiger partial charge in [0, 0.05) is 13.0 Å². The van der Waals surface area contributed by atoms with E-state index in [9.17, 15) is 9.90 Å². The van der Waals surface area contributed by atoms with Gasteiger partial charge in [0.2, 0.25) is 0 Å². The van der Waals surface area contributed by atoms with Gasteiger partial charge in [-0.25, -0.2) is 4.98 Å². The molecule has 0 saturated heterocycles. The maximum absolute atomic E-state index is 12.4. The lowest BCUT2D eigenvalue weighted by atomic mass is 10.0. The van der Waals surface area contributed by atoms with Crippen molar-refractivity contribution in [3.05, 3.63) is 51.5 Å². The monoisotopic (exact) mass is 330 g/mol. The molecule has 1 aliphatic carbocycles. The number of aryl methyl sites for hydroxylation is 1. The Morgan fingerprint density at radius 2 is 2.00 bits per heavy atom. The van der Waals surface area contributed by atoms with E-state index in [0.717, 1.165) is 42.8 Å². The fourth-order valence-electron chi connectivity index (χ4n) is 3.04. The Kier molecular flexibility index (Phi) is 4.78. The highest BCUT2D eigenvalue weighted by Gasteiger charge is 2.31. The van der Waals surface area contributed by atoms with E-state index in [1.165, 1.54) is 16.9 Å². The summed E-state index contributed by atoms with van der Waals surface area (Å²) in [4.78, 5) is 17.5. The van der Waals surface area contributed by atoms with Crippen molar-refractivity contribution in [2.75, 3.05) is 6.54 Å². The van der Waals surface area contributed by atoms with Crippen molar-refractivity contribution in [2.24, 2.45) is 0 Å². The van der Waals surface area contributed by atoms with Gasteiger partial charge in [0.25, 0.3) is 5.91 Å². The highest BCUT2D eigenvalue weighted by atomic mass is 32.1. The molecule has 1 aromatic carbocycles. The van der Waals surface area contributed by atoms with E-state index >= 15 is 0 Å². The Morgan fingerprint density at radius 1 is 1.30 bits per heavy atom. The minimum Gasteiger partial charge on any atom is -0.388 e. The first-order valence-electron chi connectivity index (χ1n) is 8.07. The summed E-state index contributed by atoms with van der Waals surface area (Å²) in [7, 11) is 0. The van der Waals surface area contributed by atoms with Crippen molar-refractivity contribution in [1.29, 1.82) is 0 Å². The molecular weight excluding hydrogens is 308 g/mol. The molecule has 3 rings (SSSR count). The lowest BCUT2D eigenvalue weighted by Crippen LogP contribution is -2.40. The fourth-order valence-corrected chi connectivity index (χ4v) is 4.06. The molecule has 1 aliphatic rings. The number of thiazole rings is 1. The van der Waals surface area contributed by atoms with Gasteiger partial charge in [0.05, 0.1) is 16.3 Å². The van der Waals surface area contributed by atoms with Gasteiger partial charge in [-0.3, -0.25) is 4.79 Å². The molecule has 1 aromatic heterocycles. The van der Waals surface area contributed by atoms with E-state index in [1.54, 1.807) is 0 Å². The molecule has 0 unspecified atom stereocenters. The van der Waals surface area contributed by atoms with E-state index < -0.39 is 5.60 Å². The molecule has 0 spiro atoms. The minimum absolute atomic E-state index is 0.125. The minimum atomic E-state index is -0.721. The number of rotatable bonds is 5. The van der Waals surface area contributed by atoms with Crippen molar-refractivity contribution < 1.29 is 9.90 Å². The zero-order valence-corrected chi connectivity index (χ0v) is 14.2. The number of carbonyl (C=O) groups excluding carboxylic acids is 1. The van der Waals surface area contributed by atoms with Crippen LogP contribution in [-0.4, -0.2) is 28.1 Å². The van der Waals surface area contributed by atoms with E-state index in [-0.39, 0.29) is 5.91 Å². The third-order valence-corrected chi connectivity index (χ3v) is 5.51. The Bertz CT molecular complexity index is 676. The molecular formula is C18H22N2O2S. The van der Waals surface area contributed by atoms with Gasteiger partial charge in [-0.05, 0) is 25.3 Å². The summed E-state index contributed by atoms with van der Waals surface area (Å²) in [6.07, 6.45) is 4.35. The van der Waals surface area contributed by atoms with Crippen LogP contribution in [0.2, 0.25) is 0 Å². The van der Waals surface area contributed by atoms with Crippen LogP contribution >= 0.6 is 11.3 Å². The number of nitrogens with zero attached hydrogens (tertiary/aromatic N) is 1. The van der Waals surface area contributed by atoms with Crippen LogP contribution in [0.1, 0.15) is 51.6 Å². The van der Waals surface area contributed by atoms with Crippen LogP contribution < -0.4 is 5.32 Å². The van der Waals surface area contributed by atoms with Crippen molar-refractivity contribution in [2.45, 2.75) is 44.6 Å². The number of aliphatic hydroxyl groups is 1. The molecule has 0 bridgehead atoms. The van der Waals surface area contributed by atoms with E-state index in [4.69, 9.17) is 0 Å². The molecule has 4 nitrogen and oxygen atoms in total. The maximum atomic E-state index is 12.4. The Hall–Kier alpha value is -1.72. The molecule has 2 N–H and O–H groups in total. The average molecular weight is 330 g/mol. The smallest absolute Gasteiger partial charge is 0.263 e. The van der Waals surface area contributed by atoms with Crippen molar-refractivity contribution in [3.63, 3.8) is 0 Å². The average Bonchev–Trinajstić information content (AvgIpc) is 3.13. The molecule has 23 heavy (non-hydrogen) atoms. The SMILES string of the molecule is Cc1nc(Cc2ccccc2)sc1C(=O)NCC1(O)CCCC1. The van der Waals surface area contributed by atoms with Gasteiger partial charge >= 0.3 is 0 Å². The van der Waals surface area contributed by atoms with Gasteiger partial charge in [-0.2, -0.15) is 0 Å². The molecule has 0 aliphatic heterocycles. The quantitative estimate of drug-likeness (QED) is 0.885. The second kappa shape index (κ2) is 6.81. The number of amides is 1. The van der Waals surface area contributed by atoms with E-state index in [2.05, 4.69) is 22.4 Å². The first-order valence-corrected chi connectivity index (χ1v) is 8.88. The summed E-state index contributed by atoms with van der Waals surface area (Å²) in [5.74, 6) is -0.125. The predicted octanol–water partition coefficient (Wildman–Crippen LogP) is 3.08. The predicted molar refractivity (Wildman–Crippen MR) is 91.9 cm³/mol. The lowest BCUT2D eigenvalue weighted by Gasteiger charge is -2.22. The molecule has 0 radical (unpaired) electrons. The highest BCUT2D eigenvalue weighted by molar-refractivity contribution is 7.13. The van der Waals surface area contributed by atoms with Gasteiger partial charge in [0.15, 0.2) is 0 Å². The van der Waals surface area contributed by atoms with Crippen molar-refractivity contribution in [1.82, 2.24) is 10.3 Å². The summed E-state index contributed by atoms with van der Waals surface area (Å²) in [6.45, 7) is 2.20. The first-order chi connectivity index (χ1) is 11.1. The summed E-state index contributed by atoms with van der Waals surface area (Å²) in [5.41, 5.74) is 1.23. The first kappa shape index (κ1) is 16.1. The summed E-state index contributed by atoms with van der Waals surface area (Å²) in [5, 5.41) is 14.2. The lowest BCUT2D eigenvalue weighted by molar-refractivity contribution is 0.0450. The second-order valence-electron chi connectivity index (χ2n) is 6.30. The summed E-state index contributed by atoms with van der Waals surface area (Å²) in [6, 6.07) is 10.1. The molecule has 1 amide bonds. The number of aromatic nitrogens is 1. The molecule has 1 heterocycles. The van der Waals surface area contributed by atoms with Crippen LogP contribution in [0.4, 0.5) is 0 Å². The molecule has 2 aromatic rings. The summed E-state index contributed by atoms with van der Waals surface area (Å²) >= 11 is 1.44. The summed E-state index contributed by atoms with van der Waals surface area (Å²) < 4.78 is 0. The van der Waals surface area contributed by atoms with Crippen LogP contribution in [0.25, 0.3) is 0 Å². The standard InChI is InChI=1S/C18H22N2O2S/c1-13-16(17(21)19-12-18(22)9-5-6-10-18)23-15(20-13)11-14-7-3-2-4-8-14/h2-4,7-8,22H,5-6,9-12H2,1H3,(H,19,21). The van der Waals surface area contributed by atoms with Crippen LogP contribution in [0, 0.1) is 6.92 Å². The van der Waals surface area contributed by atoms with Gasteiger partial charge in [0.1, 0.15) is 4.88 Å². The molecule has 5 heteroatoms. The number of benzene rings is 1. The van der Waals surface area contributed by atoms with Gasteiger partial charge in [-0.15, -0.1) is 11.3 Å². The van der Waals surface area contributed by atoms with Crippen LogP contribution in [0.3, 0.4) is 0 Å². The van der Waals surface area contributed by atoms with E-state index in [0.29, 0.717) is 11.4 Å². The molecule has 1 fully saturated rings. The van der Waals surface area contributed by atoms with Crippen molar-refractivity contribution in [3.8, 4) is 0 Å². The maximum Gasteiger partial charge on any atom is 0.263 e. The Balaban J connectivity index is 1.64. The second-order valence-corrected chi connectivity index (χ2v) is 7.38. The molecule has 1 saturated carbocycles. The topological polar surface area (TPSA) is 62.2 Å². The van der Waals surface area contributed by atoms with Crippen molar-refractivity contribution >= 4 is 17.2 Å². The number of nitrogens with one attached hydrogen (secondary N) is 1. The Morgan fingerprint density at radius 3 is 2.70 bits per heavy atom. The largest absolute Gasteiger partial charge is 0.388 e. The van der Waals surface area contributed by atoms with Gasteiger partial charge < -0.3 is 10.4 Å². The fraction of sp³-hybridized carbons (Fsp3) is 0.444. The molecule has 122 valence electrons. The normalized spacial score (nSPS) is 16.4. The third-order valence-electron chi connectivity index (χ3n) is 4.36. The van der Waals surface area contributed by atoms with E-state index in [1.807, 2.05) is 25.1 Å². The van der Waals surface area contributed by atoms with Crippen LogP contribution in [0.15, 0.2) is 30.3 Å².